The summed E-state index contributed by atoms with van der Waals surface area (Å²) in [5, 5.41) is 0.779. The molecule has 0 aliphatic rings. The first kappa shape index (κ1) is 16.0. The van der Waals surface area contributed by atoms with Crippen LogP contribution in [0.25, 0.3) is 0 Å². The zero-order valence-electron chi connectivity index (χ0n) is 11.3. The van der Waals surface area contributed by atoms with Crippen molar-refractivity contribution in [3.05, 3.63) is 33.3 Å². The summed E-state index contributed by atoms with van der Waals surface area (Å²) in [6.07, 6.45) is 1.11. The van der Waals surface area contributed by atoms with E-state index in [0.29, 0.717) is 12.6 Å². The van der Waals surface area contributed by atoms with Crippen LogP contribution in [0.5, 0.6) is 0 Å². The van der Waals surface area contributed by atoms with Gasteiger partial charge in [-0.1, -0.05) is 40.5 Å². The Labute approximate surface area is 124 Å². The molecular weight excluding hydrogens is 312 g/mol. The zero-order valence-corrected chi connectivity index (χ0v) is 13.6. The van der Waals surface area contributed by atoms with E-state index in [4.69, 9.17) is 17.3 Å². The molecule has 1 aromatic carbocycles. The highest BCUT2D eigenvalue weighted by Gasteiger charge is 2.22. The molecule has 0 aromatic heterocycles. The monoisotopic (exact) mass is 332 g/mol. The summed E-state index contributed by atoms with van der Waals surface area (Å²) in [6, 6.07) is 6.66. The van der Waals surface area contributed by atoms with E-state index in [9.17, 15) is 0 Å². The van der Waals surface area contributed by atoms with Crippen LogP contribution in [0.3, 0.4) is 0 Å². The molecule has 0 fully saturated rings. The van der Waals surface area contributed by atoms with Crippen LogP contribution in [-0.4, -0.2) is 24.0 Å². The highest BCUT2D eigenvalue weighted by atomic mass is 79.9. The minimum Gasteiger partial charge on any atom is -0.329 e. The molecule has 0 aliphatic carbocycles. The molecule has 4 heteroatoms. The molecule has 1 atom stereocenters. The van der Waals surface area contributed by atoms with E-state index in [0.717, 1.165) is 28.0 Å². The van der Waals surface area contributed by atoms with Crippen molar-refractivity contribution in [1.82, 2.24) is 4.90 Å². The largest absolute Gasteiger partial charge is 0.329 e. The van der Waals surface area contributed by atoms with Gasteiger partial charge in [0.1, 0.15) is 0 Å². The van der Waals surface area contributed by atoms with Crippen LogP contribution in [0.2, 0.25) is 5.02 Å². The summed E-state index contributed by atoms with van der Waals surface area (Å²) in [5.41, 5.74) is 7.08. The van der Waals surface area contributed by atoms with Crippen molar-refractivity contribution in [3.63, 3.8) is 0 Å². The van der Waals surface area contributed by atoms with Crippen molar-refractivity contribution in [2.24, 2.45) is 5.73 Å². The Morgan fingerprint density at radius 2 is 2.06 bits per heavy atom. The minimum absolute atomic E-state index is 0.186. The Morgan fingerprint density at radius 1 is 1.39 bits per heavy atom. The molecule has 0 amide bonds. The molecule has 102 valence electrons. The number of nitrogens with two attached hydrogens (primary N) is 1. The van der Waals surface area contributed by atoms with E-state index in [-0.39, 0.29) is 6.04 Å². The van der Waals surface area contributed by atoms with Gasteiger partial charge in [-0.3, -0.25) is 4.90 Å². The Bertz CT molecular complexity index is 382. The molecule has 2 nitrogen and oxygen atoms in total. The Morgan fingerprint density at radius 3 is 2.50 bits per heavy atom. The third-order valence-corrected chi connectivity index (χ3v) is 3.91. The van der Waals surface area contributed by atoms with Crippen LogP contribution < -0.4 is 5.73 Å². The van der Waals surface area contributed by atoms with Crippen molar-refractivity contribution in [3.8, 4) is 0 Å². The normalized spacial score (nSPS) is 13.3. The summed E-state index contributed by atoms with van der Waals surface area (Å²) < 4.78 is 0.999. The number of halogens is 2. The van der Waals surface area contributed by atoms with Gasteiger partial charge >= 0.3 is 0 Å². The summed E-state index contributed by atoms with van der Waals surface area (Å²) in [6.45, 7) is 8.20. The second-order valence-corrected chi connectivity index (χ2v) is 6.07. The maximum Gasteiger partial charge on any atom is 0.0487 e. The van der Waals surface area contributed by atoms with E-state index in [1.54, 1.807) is 0 Å². The van der Waals surface area contributed by atoms with Gasteiger partial charge in [-0.25, -0.2) is 0 Å². The van der Waals surface area contributed by atoms with E-state index in [1.807, 2.05) is 12.1 Å². The first-order valence-electron chi connectivity index (χ1n) is 6.42. The lowest BCUT2D eigenvalue weighted by Crippen LogP contribution is -2.39. The molecule has 1 rings (SSSR count). The first-order chi connectivity index (χ1) is 8.51. The molecule has 0 heterocycles. The standard InChI is InChI=1S/C14H22BrClN2/c1-4-7-18(10(2)3)14(9-17)12-6-5-11(15)8-13(12)16/h5-6,8,10,14H,4,7,9,17H2,1-3H3. The van der Waals surface area contributed by atoms with Gasteiger partial charge in [-0.2, -0.15) is 0 Å². The second-order valence-electron chi connectivity index (χ2n) is 4.75. The third kappa shape index (κ3) is 3.95. The van der Waals surface area contributed by atoms with Gasteiger partial charge in [0.05, 0.1) is 0 Å². The van der Waals surface area contributed by atoms with Gasteiger partial charge < -0.3 is 5.73 Å². The molecule has 0 spiro atoms. The smallest absolute Gasteiger partial charge is 0.0487 e. The molecule has 0 aliphatic heterocycles. The van der Waals surface area contributed by atoms with Crippen LogP contribution in [0.1, 0.15) is 38.8 Å². The van der Waals surface area contributed by atoms with Crippen molar-refractivity contribution in [1.29, 1.82) is 0 Å². The average Bonchev–Trinajstić information content (AvgIpc) is 2.31. The van der Waals surface area contributed by atoms with Gasteiger partial charge in [0, 0.05) is 28.1 Å². The van der Waals surface area contributed by atoms with Crippen molar-refractivity contribution >= 4 is 27.5 Å². The average molecular weight is 334 g/mol. The number of rotatable bonds is 6. The van der Waals surface area contributed by atoms with E-state index in [1.165, 1.54) is 0 Å². The first-order valence-corrected chi connectivity index (χ1v) is 7.59. The van der Waals surface area contributed by atoms with Crippen LogP contribution in [0.4, 0.5) is 0 Å². The molecule has 0 saturated heterocycles. The van der Waals surface area contributed by atoms with Gasteiger partial charge in [0.2, 0.25) is 0 Å². The molecule has 1 aromatic rings. The topological polar surface area (TPSA) is 29.3 Å². The maximum absolute atomic E-state index is 6.34. The van der Waals surface area contributed by atoms with Crippen molar-refractivity contribution < 1.29 is 0 Å². The Hall–Kier alpha value is -0.0900. The second kappa shape index (κ2) is 7.49. The molecule has 0 saturated carbocycles. The van der Waals surface area contributed by atoms with Crippen LogP contribution >= 0.6 is 27.5 Å². The lowest BCUT2D eigenvalue weighted by atomic mass is 10.0. The predicted molar refractivity (Wildman–Crippen MR) is 83.1 cm³/mol. The number of benzene rings is 1. The SMILES string of the molecule is CCCN(C(C)C)C(CN)c1ccc(Br)cc1Cl. The molecule has 0 radical (unpaired) electrons. The summed E-state index contributed by atoms with van der Waals surface area (Å²) in [4.78, 5) is 2.41. The molecule has 18 heavy (non-hydrogen) atoms. The fourth-order valence-corrected chi connectivity index (χ4v) is 3.04. The summed E-state index contributed by atoms with van der Waals surface area (Å²) in [7, 11) is 0. The maximum atomic E-state index is 6.34. The molecule has 1 unspecified atom stereocenters. The molecule has 2 N–H and O–H groups in total. The predicted octanol–water partition coefficient (Wildman–Crippen LogP) is 4.22. The van der Waals surface area contributed by atoms with Gasteiger partial charge in [-0.15, -0.1) is 0 Å². The van der Waals surface area contributed by atoms with Gasteiger partial charge in [0.15, 0.2) is 0 Å². The highest BCUT2D eigenvalue weighted by molar-refractivity contribution is 9.10. The Kier molecular flexibility index (Phi) is 6.64. The minimum atomic E-state index is 0.186. The van der Waals surface area contributed by atoms with Gasteiger partial charge in [-0.05, 0) is 44.5 Å². The number of hydrogen-bond acceptors (Lipinski definition) is 2. The number of nitrogens with zero attached hydrogens (tertiary/aromatic N) is 1. The van der Waals surface area contributed by atoms with Crippen LogP contribution in [-0.2, 0) is 0 Å². The van der Waals surface area contributed by atoms with E-state index < -0.39 is 0 Å². The third-order valence-electron chi connectivity index (χ3n) is 3.09. The lowest BCUT2D eigenvalue weighted by molar-refractivity contribution is 0.157. The number of hydrogen-bond donors (Lipinski definition) is 1. The lowest BCUT2D eigenvalue weighted by Gasteiger charge is -2.34. The fourth-order valence-electron chi connectivity index (χ4n) is 2.24. The van der Waals surface area contributed by atoms with E-state index >= 15 is 0 Å². The molecular formula is C14H22BrClN2. The summed E-state index contributed by atoms with van der Waals surface area (Å²) in [5.74, 6) is 0. The quantitative estimate of drug-likeness (QED) is 0.844. The van der Waals surface area contributed by atoms with E-state index in [2.05, 4.69) is 47.7 Å². The zero-order chi connectivity index (χ0) is 13.7. The van der Waals surface area contributed by atoms with Crippen LogP contribution in [0, 0.1) is 0 Å². The van der Waals surface area contributed by atoms with Crippen molar-refractivity contribution in [2.45, 2.75) is 39.3 Å². The Balaban J connectivity index is 3.06. The highest BCUT2D eigenvalue weighted by Crippen LogP contribution is 2.30. The van der Waals surface area contributed by atoms with Crippen LogP contribution in [0.15, 0.2) is 22.7 Å². The fraction of sp³-hybridized carbons (Fsp3) is 0.571. The molecule has 0 bridgehead atoms. The summed E-state index contributed by atoms with van der Waals surface area (Å²) >= 11 is 9.77. The van der Waals surface area contributed by atoms with Crippen molar-refractivity contribution in [2.75, 3.05) is 13.1 Å². The van der Waals surface area contributed by atoms with Gasteiger partial charge in [0.25, 0.3) is 0 Å².